The van der Waals surface area contributed by atoms with Crippen molar-refractivity contribution in [1.82, 2.24) is 15.3 Å². The van der Waals surface area contributed by atoms with Crippen LogP contribution in [0, 0.1) is 11.3 Å². The molecule has 31 heavy (non-hydrogen) atoms. The van der Waals surface area contributed by atoms with Gasteiger partial charge >= 0.3 is 0 Å². The fourth-order valence-corrected chi connectivity index (χ4v) is 3.82. The molecule has 2 heterocycles. The normalized spacial score (nSPS) is 15.3. The van der Waals surface area contributed by atoms with Crippen LogP contribution < -0.4 is 21.3 Å². The van der Waals surface area contributed by atoms with Gasteiger partial charge in [0.15, 0.2) is 0 Å². The molecule has 2 aromatic carbocycles. The molecule has 0 spiro atoms. The lowest BCUT2D eigenvalue weighted by Gasteiger charge is -2.20. The number of carbonyl (C=O) groups excluding carboxylic acids is 1. The number of hydrogen-bond donors (Lipinski definition) is 3. The lowest BCUT2D eigenvalue weighted by Crippen LogP contribution is -2.35. The first-order valence-electron chi connectivity index (χ1n) is 9.48. The van der Waals surface area contributed by atoms with Gasteiger partial charge < -0.3 is 21.3 Å². The van der Waals surface area contributed by atoms with E-state index in [-0.39, 0.29) is 24.4 Å². The fraction of sp³-hybridized carbons (Fsp3) is 0.238. The van der Waals surface area contributed by atoms with Crippen LogP contribution in [-0.4, -0.2) is 35.0 Å². The lowest BCUT2D eigenvalue weighted by molar-refractivity contribution is -0.119. The highest BCUT2D eigenvalue weighted by Gasteiger charge is 2.26. The van der Waals surface area contributed by atoms with E-state index in [1.54, 1.807) is 24.3 Å². The number of nitrogens with one attached hydrogen (secondary N) is 2. The van der Waals surface area contributed by atoms with Gasteiger partial charge in [0.1, 0.15) is 5.82 Å². The maximum absolute atomic E-state index is 11.4. The maximum Gasteiger partial charge on any atom is 0.229 e. The number of aromatic nitrogens is 2. The second-order valence-electron chi connectivity index (χ2n) is 7.24. The average Bonchev–Trinajstić information content (AvgIpc) is 3.14. The largest absolute Gasteiger partial charge is 0.399 e. The Morgan fingerprint density at radius 3 is 2.84 bits per heavy atom. The van der Waals surface area contributed by atoms with Gasteiger partial charge in [0.25, 0.3) is 0 Å². The van der Waals surface area contributed by atoms with Crippen LogP contribution in [0.4, 0.5) is 23.1 Å². The Balaban J connectivity index is 0.00000272. The van der Waals surface area contributed by atoms with Crippen molar-refractivity contribution >= 4 is 64.0 Å². The molecule has 1 aromatic heterocycles. The first-order chi connectivity index (χ1) is 14.4. The third-order valence-electron chi connectivity index (χ3n) is 4.87. The first kappa shape index (κ1) is 22.4. The van der Waals surface area contributed by atoms with E-state index in [1.165, 1.54) is 6.92 Å². The quantitative estimate of drug-likeness (QED) is 0.511. The molecule has 1 atom stereocenters. The summed E-state index contributed by atoms with van der Waals surface area (Å²) in [6.07, 6.45) is 0.835. The van der Waals surface area contributed by atoms with Crippen molar-refractivity contribution in [3.8, 4) is 6.07 Å². The molecular weight excluding hydrogens is 437 g/mol. The van der Waals surface area contributed by atoms with E-state index in [0.717, 1.165) is 24.2 Å². The number of nitrogens with two attached hydrogens (primary N) is 1. The van der Waals surface area contributed by atoms with Crippen LogP contribution in [-0.2, 0) is 4.79 Å². The van der Waals surface area contributed by atoms with Crippen molar-refractivity contribution in [3.05, 3.63) is 47.0 Å². The van der Waals surface area contributed by atoms with E-state index < -0.39 is 0 Å². The van der Waals surface area contributed by atoms with Gasteiger partial charge in [0, 0.05) is 47.8 Å². The molecule has 4 N–H and O–H groups in total. The molecule has 4 rings (SSSR count). The number of rotatable bonds is 4. The second-order valence-corrected chi connectivity index (χ2v) is 7.68. The minimum Gasteiger partial charge on any atom is -0.399 e. The summed E-state index contributed by atoms with van der Waals surface area (Å²) >= 11 is 6.19. The Hall–Kier alpha value is -3.28. The van der Waals surface area contributed by atoms with Gasteiger partial charge in [-0.1, -0.05) is 11.6 Å². The van der Waals surface area contributed by atoms with E-state index >= 15 is 0 Å². The molecule has 1 fully saturated rings. The van der Waals surface area contributed by atoms with Crippen molar-refractivity contribution in [2.75, 3.05) is 29.0 Å². The number of benzene rings is 2. The topological polar surface area (TPSA) is 120 Å². The number of hydrogen-bond acceptors (Lipinski definition) is 7. The van der Waals surface area contributed by atoms with Crippen molar-refractivity contribution in [2.24, 2.45) is 0 Å². The van der Waals surface area contributed by atoms with E-state index in [0.29, 0.717) is 40.0 Å². The van der Waals surface area contributed by atoms with Gasteiger partial charge in [-0.2, -0.15) is 10.2 Å². The molecule has 1 aliphatic heterocycles. The Bertz CT molecular complexity index is 1180. The summed E-state index contributed by atoms with van der Waals surface area (Å²) in [5.74, 6) is 1.09. The zero-order valence-electron chi connectivity index (χ0n) is 16.7. The minimum absolute atomic E-state index is 0. The van der Waals surface area contributed by atoms with E-state index in [1.807, 2.05) is 12.1 Å². The van der Waals surface area contributed by atoms with Crippen molar-refractivity contribution in [1.29, 1.82) is 5.26 Å². The number of amides is 1. The lowest BCUT2D eigenvalue weighted by atomic mass is 10.2. The zero-order valence-corrected chi connectivity index (χ0v) is 18.3. The number of carbonyl (C=O) groups is 1. The van der Waals surface area contributed by atoms with Crippen molar-refractivity contribution in [3.63, 3.8) is 0 Å². The number of nitriles is 1. The number of nitrogen functional groups attached to an aromatic ring is 1. The SMILES string of the molecule is CC(=O)N[C@H]1CCN(c2nc(Nc3cc(N)cc(C#N)c3)nc3cc(Cl)ccc23)C1.Cl. The minimum atomic E-state index is -0.0431. The fourth-order valence-electron chi connectivity index (χ4n) is 3.66. The summed E-state index contributed by atoms with van der Waals surface area (Å²) in [7, 11) is 0. The van der Waals surface area contributed by atoms with E-state index in [4.69, 9.17) is 22.3 Å². The van der Waals surface area contributed by atoms with Crippen molar-refractivity contribution in [2.45, 2.75) is 19.4 Å². The van der Waals surface area contributed by atoms with Gasteiger partial charge in [-0.15, -0.1) is 12.4 Å². The molecule has 1 saturated heterocycles. The number of fused-ring (bicyclic) bond motifs is 1. The highest BCUT2D eigenvalue weighted by atomic mass is 35.5. The smallest absolute Gasteiger partial charge is 0.229 e. The molecule has 0 saturated carbocycles. The monoisotopic (exact) mass is 457 g/mol. The predicted octanol–water partition coefficient (Wildman–Crippen LogP) is 3.62. The van der Waals surface area contributed by atoms with E-state index in [2.05, 4.69) is 26.6 Å². The Morgan fingerprint density at radius 1 is 1.29 bits per heavy atom. The average molecular weight is 458 g/mol. The summed E-state index contributed by atoms with van der Waals surface area (Å²) in [4.78, 5) is 22.9. The number of anilines is 4. The molecule has 160 valence electrons. The van der Waals surface area contributed by atoms with Crippen LogP contribution in [0.1, 0.15) is 18.9 Å². The van der Waals surface area contributed by atoms with Crippen LogP contribution in [0.25, 0.3) is 10.9 Å². The standard InChI is InChI=1S/C21H20ClN7O.ClH/c1-12(30)25-16-4-5-29(11-16)20-18-3-2-14(22)8-19(18)27-21(28-20)26-17-7-13(10-23)6-15(24)9-17;/h2-3,6-9,16H,4-5,11,24H2,1H3,(H,25,30)(H,26,27,28);1H/t16-;/m0./s1. The summed E-state index contributed by atoms with van der Waals surface area (Å²) in [6.45, 7) is 2.94. The molecule has 3 aromatic rings. The Morgan fingerprint density at radius 2 is 2.10 bits per heavy atom. The Kier molecular flexibility index (Phi) is 6.68. The summed E-state index contributed by atoms with van der Waals surface area (Å²) in [5, 5.41) is 16.7. The summed E-state index contributed by atoms with van der Waals surface area (Å²) in [6, 6.07) is 12.7. The van der Waals surface area contributed by atoms with Crippen LogP contribution in [0.3, 0.4) is 0 Å². The van der Waals surface area contributed by atoms with Crippen LogP contribution in [0.5, 0.6) is 0 Å². The third-order valence-corrected chi connectivity index (χ3v) is 5.11. The molecule has 0 bridgehead atoms. The molecule has 0 aliphatic carbocycles. The molecule has 0 unspecified atom stereocenters. The summed E-state index contributed by atoms with van der Waals surface area (Å²) < 4.78 is 0. The van der Waals surface area contributed by atoms with Gasteiger partial charge in [0.2, 0.25) is 11.9 Å². The van der Waals surface area contributed by atoms with Gasteiger partial charge in [-0.05, 0) is 42.8 Å². The van der Waals surface area contributed by atoms with Gasteiger partial charge in [-0.25, -0.2) is 4.98 Å². The Labute approximate surface area is 190 Å². The predicted molar refractivity (Wildman–Crippen MR) is 125 cm³/mol. The van der Waals surface area contributed by atoms with Crippen LogP contribution in [0.15, 0.2) is 36.4 Å². The molecule has 0 radical (unpaired) electrons. The highest BCUT2D eigenvalue weighted by Crippen LogP contribution is 2.31. The second kappa shape index (κ2) is 9.25. The zero-order chi connectivity index (χ0) is 21.3. The maximum atomic E-state index is 11.4. The van der Waals surface area contributed by atoms with Crippen LogP contribution in [0.2, 0.25) is 5.02 Å². The van der Waals surface area contributed by atoms with Crippen molar-refractivity contribution < 1.29 is 4.79 Å². The highest BCUT2D eigenvalue weighted by molar-refractivity contribution is 6.31. The third kappa shape index (κ3) is 5.08. The number of halogens is 2. The summed E-state index contributed by atoms with van der Waals surface area (Å²) in [5.41, 5.74) is 8.12. The molecular formula is C21H21Cl2N7O. The number of nitrogens with zero attached hydrogens (tertiary/aromatic N) is 4. The molecule has 10 heteroatoms. The van der Waals surface area contributed by atoms with Gasteiger partial charge in [0.05, 0.1) is 17.1 Å². The van der Waals surface area contributed by atoms with E-state index in [9.17, 15) is 10.1 Å². The first-order valence-corrected chi connectivity index (χ1v) is 9.86. The molecule has 1 amide bonds. The molecule has 8 nitrogen and oxygen atoms in total. The molecule has 1 aliphatic rings. The van der Waals surface area contributed by atoms with Gasteiger partial charge in [-0.3, -0.25) is 4.79 Å². The van der Waals surface area contributed by atoms with Crippen LogP contribution >= 0.6 is 24.0 Å².